The van der Waals surface area contributed by atoms with Crippen LogP contribution in [0.3, 0.4) is 0 Å². The Kier molecular flexibility index (Phi) is 3.66. The van der Waals surface area contributed by atoms with Crippen molar-refractivity contribution in [2.75, 3.05) is 16.4 Å². The molecule has 0 amide bonds. The van der Waals surface area contributed by atoms with E-state index in [1.54, 1.807) is 17.0 Å². The summed E-state index contributed by atoms with van der Waals surface area (Å²) in [7, 11) is -3.08. The van der Waals surface area contributed by atoms with Crippen LogP contribution in [0.1, 0.15) is 0 Å². The highest BCUT2D eigenvalue weighted by atomic mass is 35.5. The molecule has 0 spiro atoms. The lowest BCUT2D eigenvalue weighted by atomic mass is 10.2. The molecule has 2 atom stereocenters. The molecule has 0 unspecified atom stereocenters. The van der Waals surface area contributed by atoms with Gasteiger partial charge >= 0.3 is 0 Å². The van der Waals surface area contributed by atoms with E-state index in [1.807, 2.05) is 0 Å². The Bertz CT molecular complexity index is 685. The molecule has 0 aromatic heterocycles. The molecule has 2 heterocycles. The zero-order chi connectivity index (χ0) is 14.7. The Balaban J connectivity index is 2.08. The van der Waals surface area contributed by atoms with Crippen LogP contribution in [0.15, 0.2) is 12.1 Å². The highest BCUT2D eigenvalue weighted by Crippen LogP contribution is 2.45. The number of anilines is 1. The summed E-state index contributed by atoms with van der Waals surface area (Å²) in [6.45, 7) is 0. The maximum absolute atomic E-state index is 11.8. The molecule has 2 fully saturated rings. The fourth-order valence-corrected chi connectivity index (χ4v) is 7.31. The molecule has 0 saturated carbocycles. The van der Waals surface area contributed by atoms with Crippen molar-refractivity contribution in [3.8, 4) is 0 Å². The van der Waals surface area contributed by atoms with E-state index >= 15 is 0 Å². The number of nitrogens with zero attached hydrogens (tertiary/aromatic N) is 1. The van der Waals surface area contributed by atoms with Gasteiger partial charge in [-0.05, 0) is 12.1 Å². The number of halogens is 3. The van der Waals surface area contributed by atoms with Gasteiger partial charge in [0.15, 0.2) is 15.0 Å². The summed E-state index contributed by atoms with van der Waals surface area (Å²) in [5.41, 5.74) is 0.458. The van der Waals surface area contributed by atoms with Gasteiger partial charge in [0.1, 0.15) is 0 Å². The van der Waals surface area contributed by atoms with Gasteiger partial charge in [0.2, 0.25) is 0 Å². The first-order valence-electron chi connectivity index (χ1n) is 5.68. The lowest BCUT2D eigenvalue weighted by Crippen LogP contribution is -2.37. The third kappa shape index (κ3) is 2.41. The Morgan fingerprint density at radius 3 is 2.40 bits per heavy atom. The molecular formula is C11H9Cl3N2O2S2. The molecule has 1 aromatic carbocycles. The SMILES string of the molecule is N=C1S[C@H]2CS(=O)(=O)C[C@H]2N1c1c(Cl)cc(Cl)cc1Cl. The molecule has 9 heteroatoms. The van der Waals surface area contributed by atoms with Crippen LogP contribution in [0.25, 0.3) is 0 Å². The Morgan fingerprint density at radius 1 is 1.20 bits per heavy atom. The summed E-state index contributed by atoms with van der Waals surface area (Å²) in [5, 5.41) is 9.22. The second-order valence-electron chi connectivity index (χ2n) is 4.69. The van der Waals surface area contributed by atoms with Crippen molar-refractivity contribution in [3.63, 3.8) is 0 Å². The molecule has 2 saturated heterocycles. The molecule has 4 nitrogen and oxygen atoms in total. The monoisotopic (exact) mass is 370 g/mol. The molecule has 0 aliphatic carbocycles. The third-order valence-corrected chi connectivity index (χ3v) is 7.23. The minimum atomic E-state index is -3.08. The van der Waals surface area contributed by atoms with Gasteiger partial charge in [0.25, 0.3) is 0 Å². The van der Waals surface area contributed by atoms with Crippen LogP contribution in [-0.4, -0.2) is 36.4 Å². The number of thioether (sulfide) groups is 1. The maximum Gasteiger partial charge on any atom is 0.161 e. The lowest BCUT2D eigenvalue weighted by Gasteiger charge is -2.26. The predicted molar refractivity (Wildman–Crippen MR) is 85.5 cm³/mol. The fourth-order valence-electron chi connectivity index (χ4n) is 2.53. The minimum absolute atomic E-state index is 0.0162. The van der Waals surface area contributed by atoms with E-state index in [9.17, 15) is 8.42 Å². The molecule has 2 aliphatic rings. The first-order chi connectivity index (χ1) is 9.28. The van der Waals surface area contributed by atoms with Crippen LogP contribution in [0.5, 0.6) is 0 Å². The van der Waals surface area contributed by atoms with E-state index in [0.29, 0.717) is 20.8 Å². The van der Waals surface area contributed by atoms with E-state index in [1.165, 1.54) is 11.8 Å². The van der Waals surface area contributed by atoms with Crippen LogP contribution in [-0.2, 0) is 9.84 Å². The third-order valence-electron chi connectivity index (χ3n) is 3.31. The van der Waals surface area contributed by atoms with Gasteiger partial charge in [-0.2, -0.15) is 0 Å². The van der Waals surface area contributed by atoms with Crippen molar-refractivity contribution >= 4 is 67.3 Å². The number of amidine groups is 1. The van der Waals surface area contributed by atoms with Crippen LogP contribution in [0, 0.1) is 5.41 Å². The summed E-state index contributed by atoms with van der Waals surface area (Å²) in [5.74, 6) is 0.104. The van der Waals surface area contributed by atoms with Crippen molar-refractivity contribution < 1.29 is 8.42 Å². The van der Waals surface area contributed by atoms with Crippen LogP contribution < -0.4 is 4.90 Å². The summed E-state index contributed by atoms with van der Waals surface area (Å²) >= 11 is 19.5. The lowest BCUT2D eigenvalue weighted by molar-refractivity contribution is 0.601. The summed E-state index contributed by atoms with van der Waals surface area (Å²) in [4.78, 5) is 1.61. The Labute approximate surface area is 135 Å². The minimum Gasteiger partial charge on any atom is -0.313 e. The van der Waals surface area contributed by atoms with Gasteiger partial charge in [0, 0.05) is 10.3 Å². The average Bonchev–Trinajstić information content (AvgIpc) is 2.70. The first kappa shape index (κ1) is 14.8. The second kappa shape index (κ2) is 4.95. The molecule has 3 rings (SSSR count). The first-order valence-corrected chi connectivity index (χ1v) is 9.51. The summed E-state index contributed by atoms with van der Waals surface area (Å²) in [6.07, 6.45) is 0. The Hall–Kier alpha value is -0.140. The zero-order valence-electron chi connectivity index (χ0n) is 9.94. The number of rotatable bonds is 1. The van der Waals surface area contributed by atoms with Gasteiger partial charge in [-0.3, -0.25) is 5.41 Å². The average molecular weight is 372 g/mol. The number of fused-ring (bicyclic) bond motifs is 1. The quantitative estimate of drug-likeness (QED) is 0.823. The molecule has 20 heavy (non-hydrogen) atoms. The zero-order valence-corrected chi connectivity index (χ0v) is 13.8. The predicted octanol–water partition coefficient (Wildman–Crippen LogP) is 3.30. The normalized spacial score (nSPS) is 27.9. The number of sulfone groups is 1. The maximum atomic E-state index is 11.8. The van der Waals surface area contributed by atoms with E-state index in [-0.39, 0.29) is 28.0 Å². The number of nitrogens with one attached hydrogen (secondary N) is 1. The van der Waals surface area contributed by atoms with Gasteiger partial charge in [-0.15, -0.1) is 0 Å². The second-order valence-corrected chi connectivity index (χ2v) is 9.33. The van der Waals surface area contributed by atoms with E-state index in [0.717, 1.165) is 0 Å². The largest absolute Gasteiger partial charge is 0.313 e. The van der Waals surface area contributed by atoms with E-state index in [4.69, 9.17) is 40.2 Å². The van der Waals surface area contributed by atoms with Crippen molar-refractivity contribution in [1.29, 1.82) is 5.41 Å². The van der Waals surface area contributed by atoms with Crippen molar-refractivity contribution in [1.82, 2.24) is 0 Å². The van der Waals surface area contributed by atoms with Gasteiger partial charge in [0.05, 0.1) is 33.3 Å². The molecule has 2 aliphatic heterocycles. The molecule has 1 aromatic rings. The number of hydrogen-bond donors (Lipinski definition) is 1. The fraction of sp³-hybridized carbons (Fsp3) is 0.364. The van der Waals surface area contributed by atoms with E-state index in [2.05, 4.69) is 0 Å². The standard InChI is InChI=1S/C11H9Cl3N2O2S2/c12-5-1-6(13)10(7(14)2-5)16-8-3-20(17,18)4-9(8)19-11(16)15/h1-2,8-9,15H,3-4H2/t8-,9+/m1/s1. The molecule has 0 radical (unpaired) electrons. The summed E-state index contributed by atoms with van der Waals surface area (Å²) < 4.78 is 23.5. The highest BCUT2D eigenvalue weighted by molar-refractivity contribution is 8.15. The highest BCUT2D eigenvalue weighted by Gasteiger charge is 2.49. The number of benzene rings is 1. The van der Waals surface area contributed by atoms with Crippen LogP contribution >= 0.6 is 46.6 Å². The number of hydrogen-bond acceptors (Lipinski definition) is 4. The van der Waals surface area contributed by atoms with E-state index < -0.39 is 9.84 Å². The molecule has 0 bridgehead atoms. The summed E-state index contributed by atoms with van der Waals surface area (Å²) in [6, 6.07) is 2.78. The van der Waals surface area contributed by atoms with Crippen LogP contribution in [0.4, 0.5) is 5.69 Å². The van der Waals surface area contributed by atoms with Gasteiger partial charge in [-0.1, -0.05) is 46.6 Å². The molecule has 1 N–H and O–H groups in total. The van der Waals surface area contributed by atoms with Crippen molar-refractivity contribution in [2.24, 2.45) is 0 Å². The van der Waals surface area contributed by atoms with Gasteiger partial charge < -0.3 is 4.90 Å². The van der Waals surface area contributed by atoms with Gasteiger partial charge in [-0.25, -0.2) is 8.42 Å². The topological polar surface area (TPSA) is 61.2 Å². The molecular weight excluding hydrogens is 363 g/mol. The smallest absolute Gasteiger partial charge is 0.161 e. The van der Waals surface area contributed by atoms with Crippen molar-refractivity contribution in [2.45, 2.75) is 11.3 Å². The van der Waals surface area contributed by atoms with Crippen molar-refractivity contribution in [3.05, 3.63) is 27.2 Å². The van der Waals surface area contributed by atoms with Crippen LogP contribution in [0.2, 0.25) is 15.1 Å². The molecule has 108 valence electrons. The Morgan fingerprint density at radius 2 is 1.80 bits per heavy atom.